The number of rotatable bonds is 22. The summed E-state index contributed by atoms with van der Waals surface area (Å²) in [6.07, 6.45) is 25.2. The summed E-state index contributed by atoms with van der Waals surface area (Å²) >= 11 is 0. The first-order valence-electron chi connectivity index (χ1n) is 27.8. The number of carbonyl (C=O) groups excluding carboxylic acids is 2. The maximum Gasteiger partial charge on any atom is 0.200 e. The number of aromatic hydroxyl groups is 2. The minimum Gasteiger partial charge on any atom is -0.504 e. The number of fused-ring (bicyclic) bond motifs is 2. The van der Waals surface area contributed by atoms with Gasteiger partial charge in [-0.25, -0.2) is 4.39 Å². The molecule has 9 nitrogen and oxygen atoms in total. The molecule has 0 amide bonds. The van der Waals surface area contributed by atoms with E-state index in [9.17, 15) is 19.9 Å². The van der Waals surface area contributed by atoms with Crippen LogP contribution >= 0.6 is 0 Å². The van der Waals surface area contributed by atoms with Crippen molar-refractivity contribution in [1.82, 2.24) is 0 Å². The summed E-state index contributed by atoms with van der Waals surface area (Å²) in [6, 6.07) is 32.9. The van der Waals surface area contributed by atoms with Crippen LogP contribution in [-0.2, 0) is 0 Å². The molecule has 9 rings (SSSR count). The van der Waals surface area contributed by atoms with Gasteiger partial charge < -0.3 is 30.3 Å². The number of phenols is 2. The molecule has 0 saturated heterocycles. The van der Waals surface area contributed by atoms with Crippen LogP contribution in [0.3, 0.4) is 0 Å². The van der Waals surface area contributed by atoms with Crippen LogP contribution < -0.4 is 20.1 Å². The number of hydrogen-bond donors (Lipinski definition) is 4. The fourth-order valence-electron chi connectivity index (χ4n) is 11.8. The number of anilines is 4. The van der Waals surface area contributed by atoms with Gasteiger partial charge in [-0.3, -0.25) is 9.59 Å². The van der Waals surface area contributed by atoms with Crippen LogP contribution in [0.4, 0.5) is 27.1 Å². The first kappa shape index (κ1) is 52.7. The van der Waals surface area contributed by atoms with Gasteiger partial charge in [0.15, 0.2) is 23.0 Å². The second-order valence-corrected chi connectivity index (χ2v) is 21.3. The van der Waals surface area contributed by atoms with E-state index >= 15 is 9.59 Å². The molecule has 0 heterocycles. The zero-order valence-corrected chi connectivity index (χ0v) is 43.7. The third kappa shape index (κ3) is 12.7. The molecule has 4 N–H and O–H groups in total. The van der Waals surface area contributed by atoms with Gasteiger partial charge in [0.05, 0.1) is 45.3 Å². The zero-order chi connectivity index (χ0) is 52.3. The van der Waals surface area contributed by atoms with Crippen molar-refractivity contribution in [1.29, 1.82) is 5.26 Å². The van der Waals surface area contributed by atoms with Crippen molar-refractivity contribution in [2.75, 3.05) is 10.6 Å². The van der Waals surface area contributed by atoms with E-state index in [1.807, 2.05) is 24.3 Å². The molecule has 0 atom stereocenters. The molecule has 0 aromatic heterocycles. The Morgan fingerprint density at radius 1 is 0.533 bits per heavy atom. The third-order valence-corrected chi connectivity index (χ3v) is 16.1. The molecule has 6 aromatic carbocycles. The third-order valence-electron chi connectivity index (χ3n) is 16.1. The van der Waals surface area contributed by atoms with Crippen LogP contribution in [0, 0.1) is 29.0 Å². The maximum absolute atomic E-state index is 15.2. The van der Waals surface area contributed by atoms with Crippen molar-refractivity contribution in [3.05, 3.63) is 154 Å². The lowest BCUT2D eigenvalue weighted by atomic mass is 9.77. The first-order chi connectivity index (χ1) is 36.6. The second-order valence-electron chi connectivity index (χ2n) is 21.3. The molecule has 0 radical (unpaired) electrons. The average Bonchev–Trinajstić information content (AvgIpc) is 3.43. The van der Waals surface area contributed by atoms with Crippen molar-refractivity contribution >= 4 is 34.3 Å². The van der Waals surface area contributed by atoms with Gasteiger partial charge in [0.2, 0.25) is 11.6 Å². The number of phenolic OH excluding ortho intramolecular Hbond substituents is 2. The van der Waals surface area contributed by atoms with Crippen molar-refractivity contribution in [2.24, 2.45) is 11.8 Å². The molecule has 3 aliphatic rings. The summed E-state index contributed by atoms with van der Waals surface area (Å²) in [5.41, 5.74) is 2.73. The SMILES string of the molecule is CCCCCCCC1CCC(c2ccc(Oc3cc(Nc4ccc(F)cc4)c4c(c3O)C(=O)c3c(Nc5cccc(C#N)c5)cc(Oc5ccc(C6CCC(CCCCCCC)CC6)cc5)c(O)c3C4=O)cc2)CC1. The molecule has 2 saturated carbocycles. The van der Waals surface area contributed by atoms with Gasteiger partial charge in [-0.2, -0.15) is 5.26 Å². The smallest absolute Gasteiger partial charge is 0.200 e. The Kier molecular flexibility index (Phi) is 17.5. The summed E-state index contributed by atoms with van der Waals surface area (Å²) in [7, 11) is 0. The zero-order valence-electron chi connectivity index (χ0n) is 43.7. The Morgan fingerprint density at radius 3 is 1.41 bits per heavy atom. The highest BCUT2D eigenvalue weighted by Crippen LogP contribution is 2.51. The second kappa shape index (κ2) is 24.9. The van der Waals surface area contributed by atoms with E-state index in [-0.39, 0.29) is 45.1 Å². The van der Waals surface area contributed by atoms with E-state index in [4.69, 9.17) is 9.47 Å². The first-order valence-corrected chi connectivity index (χ1v) is 27.8. The molecule has 390 valence electrons. The molecular weight excluding hydrogens is 938 g/mol. The van der Waals surface area contributed by atoms with Crippen LogP contribution in [0.2, 0.25) is 0 Å². The van der Waals surface area contributed by atoms with Crippen molar-refractivity contribution in [2.45, 2.75) is 154 Å². The minimum atomic E-state index is -0.773. The lowest BCUT2D eigenvalue weighted by Crippen LogP contribution is -2.24. The maximum atomic E-state index is 15.2. The molecule has 0 bridgehead atoms. The number of benzene rings is 6. The summed E-state index contributed by atoms with van der Waals surface area (Å²) < 4.78 is 27.0. The van der Waals surface area contributed by atoms with Crippen molar-refractivity contribution in [3.8, 4) is 40.6 Å². The molecule has 0 aliphatic heterocycles. The number of nitriles is 1. The van der Waals surface area contributed by atoms with E-state index in [1.165, 1.54) is 150 Å². The fraction of sp³-hybridized carbons (Fsp3) is 0.400. The summed E-state index contributed by atoms with van der Waals surface area (Å²) in [4.78, 5) is 30.5. The minimum absolute atomic E-state index is 0.0870. The van der Waals surface area contributed by atoms with Gasteiger partial charge in [-0.15, -0.1) is 0 Å². The Labute approximate surface area is 442 Å². The van der Waals surface area contributed by atoms with Crippen LogP contribution in [0.25, 0.3) is 0 Å². The van der Waals surface area contributed by atoms with E-state index in [2.05, 4.69) is 54.8 Å². The number of carbonyl (C=O) groups is 2. The number of unbranched alkanes of at least 4 members (excludes halogenated alkanes) is 8. The van der Waals surface area contributed by atoms with E-state index in [0.29, 0.717) is 40.3 Å². The van der Waals surface area contributed by atoms with E-state index < -0.39 is 28.9 Å². The van der Waals surface area contributed by atoms with Gasteiger partial charge in [-0.1, -0.05) is 121 Å². The molecule has 3 aliphatic carbocycles. The van der Waals surface area contributed by atoms with Crippen LogP contribution in [0.1, 0.15) is 203 Å². The monoisotopic (exact) mass is 1010 g/mol. The topological polar surface area (TPSA) is 141 Å². The molecule has 2 fully saturated rings. The highest BCUT2D eigenvalue weighted by atomic mass is 19.1. The van der Waals surface area contributed by atoms with Gasteiger partial charge >= 0.3 is 0 Å². The van der Waals surface area contributed by atoms with E-state index in [0.717, 1.165) is 37.5 Å². The summed E-state index contributed by atoms with van der Waals surface area (Å²) in [5, 5.41) is 40.5. The molecule has 0 spiro atoms. The quantitative estimate of drug-likeness (QED) is 0.0386. The van der Waals surface area contributed by atoms with E-state index in [1.54, 1.807) is 24.3 Å². The summed E-state index contributed by atoms with van der Waals surface area (Å²) in [6.45, 7) is 4.50. The van der Waals surface area contributed by atoms with Crippen LogP contribution in [0.15, 0.2) is 109 Å². The number of halogens is 1. The average molecular weight is 1010 g/mol. The lowest BCUT2D eigenvalue weighted by molar-refractivity contribution is 0.0974. The Hall–Kier alpha value is -7.12. The molecular formula is C65H72FN3O6. The standard InChI is InChI=1S/C65H72FN3O6/c1-3-5-7-9-11-14-42-18-22-45(23-19-42)47-26-34-52(35-27-47)74-56-39-54(68-50-32-30-49(66)31-33-50)58-60(62(56)70)65(73)59-55(69-51-17-13-16-44(38-51)41-67)40-57(63(71)61(59)64(58)72)75-53-36-28-48(29-37-53)46-24-20-43(21-25-46)15-12-10-8-6-4-2/h13,16-17,26-40,42-43,45-46,68-71H,3-12,14-15,18-25H2,1-2H3. The predicted molar refractivity (Wildman–Crippen MR) is 296 cm³/mol. The van der Waals surface area contributed by atoms with Gasteiger partial charge in [0.1, 0.15) is 17.3 Å². The van der Waals surface area contributed by atoms with Gasteiger partial charge in [0.25, 0.3) is 0 Å². The summed E-state index contributed by atoms with van der Waals surface area (Å²) in [5.74, 6) is -0.00934. The number of nitrogens with one attached hydrogen (secondary N) is 2. The normalized spacial score (nSPS) is 18.2. The fourth-order valence-corrected chi connectivity index (χ4v) is 11.8. The number of ketones is 2. The van der Waals surface area contributed by atoms with Gasteiger partial charge in [0, 0.05) is 23.5 Å². The highest BCUT2D eigenvalue weighted by Gasteiger charge is 2.41. The van der Waals surface area contributed by atoms with Crippen molar-refractivity contribution < 1.29 is 33.7 Å². The van der Waals surface area contributed by atoms with Crippen LogP contribution in [0.5, 0.6) is 34.5 Å². The predicted octanol–water partition coefficient (Wildman–Crippen LogP) is 18.2. The molecule has 75 heavy (non-hydrogen) atoms. The Bertz CT molecular complexity index is 2970. The van der Waals surface area contributed by atoms with Crippen molar-refractivity contribution in [3.63, 3.8) is 0 Å². The molecule has 0 unspecified atom stereocenters. The van der Waals surface area contributed by atoms with Crippen LogP contribution in [-0.4, -0.2) is 21.8 Å². The molecule has 10 heteroatoms. The largest absolute Gasteiger partial charge is 0.504 e. The number of nitrogens with zero attached hydrogens (tertiary/aromatic N) is 1. The molecule has 6 aromatic rings. The number of ether oxygens (including phenoxy) is 2. The number of hydrogen-bond acceptors (Lipinski definition) is 9. The van der Waals surface area contributed by atoms with Gasteiger partial charge in [-0.05, 0) is 153 Å². The Balaban J connectivity index is 1.00. The lowest BCUT2D eigenvalue weighted by Gasteiger charge is -2.29. The highest BCUT2D eigenvalue weighted by molar-refractivity contribution is 6.34. The Morgan fingerprint density at radius 2 is 0.973 bits per heavy atom.